The standard InChI is InChI=1S/C27H41NO5Si/c1-30-23-13-9-20(10-14-23)19-32-17-7-6-8-21-11-12-22-18-24(33-34(3,4)5)15-16-25(22)26(21)28-27(29)31-2/h9-14,18,21-22,25-26H,6-8,15-17,19H2,1-5H3,(H,28,29)/t21-,22-,25-,26-/m1/s1. The fourth-order valence-electron chi connectivity index (χ4n) is 4.91. The molecule has 0 fully saturated rings. The lowest BCUT2D eigenvalue weighted by Crippen LogP contribution is -2.49. The Morgan fingerprint density at radius 1 is 1.09 bits per heavy atom. The fraction of sp³-hybridized carbons (Fsp3) is 0.593. The van der Waals surface area contributed by atoms with Gasteiger partial charge < -0.3 is 24.0 Å². The van der Waals surface area contributed by atoms with Crippen LogP contribution in [0, 0.1) is 17.8 Å². The van der Waals surface area contributed by atoms with Gasteiger partial charge in [0, 0.05) is 25.0 Å². The van der Waals surface area contributed by atoms with Gasteiger partial charge in [0.2, 0.25) is 8.32 Å². The maximum absolute atomic E-state index is 12.1. The lowest BCUT2D eigenvalue weighted by atomic mass is 9.69. The number of fused-ring (bicyclic) bond motifs is 1. The van der Waals surface area contributed by atoms with E-state index < -0.39 is 8.32 Å². The number of carbonyl (C=O) groups excluding carboxylic acids is 1. The molecule has 4 atom stereocenters. The maximum Gasteiger partial charge on any atom is 0.407 e. The van der Waals surface area contributed by atoms with Crippen molar-refractivity contribution in [2.75, 3.05) is 20.8 Å². The monoisotopic (exact) mass is 487 g/mol. The van der Waals surface area contributed by atoms with Crippen LogP contribution in [0.3, 0.4) is 0 Å². The molecule has 0 aliphatic heterocycles. The van der Waals surface area contributed by atoms with Crippen molar-refractivity contribution in [3.05, 3.63) is 53.8 Å². The van der Waals surface area contributed by atoms with E-state index in [2.05, 4.69) is 43.2 Å². The number of amides is 1. The number of carbonyl (C=O) groups is 1. The Hall–Kier alpha value is -2.25. The summed E-state index contributed by atoms with van der Waals surface area (Å²) in [5.41, 5.74) is 1.15. The van der Waals surface area contributed by atoms with Crippen LogP contribution in [0.25, 0.3) is 0 Å². The van der Waals surface area contributed by atoms with Crippen LogP contribution in [-0.4, -0.2) is 41.3 Å². The molecule has 1 aromatic rings. The van der Waals surface area contributed by atoms with Gasteiger partial charge in [-0.2, -0.15) is 0 Å². The normalized spacial score (nSPS) is 24.1. The van der Waals surface area contributed by atoms with Crippen LogP contribution in [-0.2, 0) is 20.5 Å². The molecule has 1 aromatic carbocycles. The molecule has 7 heteroatoms. The minimum absolute atomic E-state index is 0.0762. The van der Waals surface area contributed by atoms with Gasteiger partial charge in [0.1, 0.15) is 5.75 Å². The lowest BCUT2D eigenvalue weighted by Gasteiger charge is -2.42. The van der Waals surface area contributed by atoms with Gasteiger partial charge >= 0.3 is 6.09 Å². The Morgan fingerprint density at radius 2 is 1.85 bits per heavy atom. The van der Waals surface area contributed by atoms with Crippen molar-refractivity contribution in [3.8, 4) is 5.75 Å². The van der Waals surface area contributed by atoms with Crippen LogP contribution in [0.4, 0.5) is 4.79 Å². The third-order valence-electron chi connectivity index (χ3n) is 6.51. The minimum Gasteiger partial charge on any atom is -0.548 e. The molecule has 34 heavy (non-hydrogen) atoms. The highest BCUT2D eigenvalue weighted by Gasteiger charge is 2.39. The molecule has 1 N–H and O–H groups in total. The average molecular weight is 488 g/mol. The number of alkyl carbamates (subject to hydrolysis) is 1. The quantitative estimate of drug-likeness (QED) is 0.234. The largest absolute Gasteiger partial charge is 0.548 e. The molecule has 6 nitrogen and oxygen atoms in total. The van der Waals surface area contributed by atoms with E-state index >= 15 is 0 Å². The first-order valence-corrected chi connectivity index (χ1v) is 15.8. The number of rotatable bonds is 11. The fourth-order valence-corrected chi connectivity index (χ4v) is 5.86. The van der Waals surface area contributed by atoms with E-state index in [0.29, 0.717) is 24.4 Å². The second-order valence-corrected chi connectivity index (χ2v) is 14.7. The van der Waals surface area contributed by atoms with E-state index in [0.717, 1.165) is 55.8 Å². The molecule has 0 spiro atoms. The first-order chi connectivity index (χ1) is 16.3. The summed E-state index contributed by atoms with van der Waals surface area (Å²) in [4.78, 5) is 12.1. The molecule has 0 heterocycles. The van der Waals surface area contributed by atoms with Crippen LogP contribution in [0.2, 0.25) is 19.6 Å². The van der Waals surface area contributed by atoms with Gasteiger partial charge in [-0.3, -0.25) is 0 Å². The van der Waals surface area contributed by atoms with Gasteiger partial charge in [-0.25, -0.2) is 4.79 Å². The second kappa shape index (κ2) is 12.5. The van der Waals surface area contributed by atoms with Gasteiger partial charge in [0.25, 0.3) is 0 Å². The summed E-state index contributed by atoms with van der Waals surface area (Å²) in [5.74, 6) is 2.94. The van der Waals surface area contributed by atoms with Gasteiger partial charge in [-0.1, -0.05) is 30.7 Å². The number of allylic oxidation sites excluding steroid dienone is 3. The van der Waals surface area contributed by atoms with Gasteiger partial charge in [0.15, 0.2) is 0 Å². The summed E-state index contributed by atoms with van der Waals surface area (Å²) >= 11 is 0. The first kappa shape index (κ1) is 26.4. The zero-order valence-corrected chi connectivity index (χ0v) is 22.3. The molecule has 0 aromatic heterocycles. The van der Waals surface area contributed by atoms with Crippen molar-refractivity contribution in [2.45, 2.75) is 64.4 Å². The Balaban J connectivity index is 1.51. The Morgan fingerprint density at radius 3 is 2.53 bits per heavy atom. The van der Waals surface area contributed by atoms with Crippen molar-refractivity contribution < 1.29 is 23.4 Å². The summed E-state index contributed by atoms with van der Waals surface area (Å²) in [7, 11) is 1.48. The highest BCUT2D eigenvalue weighted by atomic mass is 28.4. The van der Waals surface area contributed by atoms with Crippen LogP contribution in [0.5, 0.6) is 5.75 Å². The van der Waals surface area contributed by atoms with Crippen LogP contribution < -0.4 is 10.1 Å². The Kier molecular flexibility index (Phi) is 9.65. The predicted molar refractivity (Wildman–Crippen MR) is 137 cm³/mol. The number of hydrogen-bond donors (Lipinski definition) is 1. The predicted octanol–water partition coefficient (Wildman–Crippen LogP) is 6.05. The molecule has 0 saturated heterocycles. The molecule has 0 unspecified atom stereocenters. The maximum atomic E-state index is 12.1. The van der Waals surface area contributed by atoms with E-state index in [9.17, 15) is 4.79 Å². The van der Waals surface area contributed by atoms with Crippen molar-refractivity contribution in [1.29, 1.82) is 0 Å². The summed E-state index contributed by atoms with van der Waals surface area (Å²) in [6.45, 7) is 7.99. The van der Waals surface area contributed by atoms with Gasteiger partial charge in [0.05, 0.1) is 26.6 Å². The minimum atomic E-state index is -1.62. The molecule has 0 saturated carbocycles. The molecule has 1 amide bonds. The van der Waals surface area contributed by atoms with Crippen molar-refractivity contribution >= 4 is 14.4 Å². The summed E-state index contributed by atoms with van der Waals surface area (Å²) in [6, 6.07) is 8.05. The third-order valence-corrected chi connectivity index (χ3v) is 7.39. The van der Waals surface area contributed by atoms with Crippen LogP contribution in [0.1, 0.15) is 37.7 Å². The van der Waals surface area contributed by atoms with E-state index in [1.807, 2.05) is 24.3 Å². The van der Waals surface area contributed by atoms with Crippen molar-refractivity contribution in [2.24, 2.45) is 17.8 Å². The Labute approximate surface area is 205 Å². The lowest BCUT2D eigenvalue weighted by molar-refractivity contribution is 0.113. The highest BCUT2D eigenvalue weighted by Crippen LogP contribution is 2.40. The van der Waals surface area contributed by atoms with Crippen molar-refractivity contribution in [1.82, 2.24) is 5.32 Å². The first-order valence-electron chi connectivity index (χ1n) is 12.4. The van der Waals surface area contributed by atoms with Crippen LogP contribution >= 0.6 is 0 Å². The number of nitrogens with one attached hydrogen (secondary N) is 1. The SMILES string of the molecule is COC(=O)N[C@H]1[C@@H]2CCC(O[Si](C)(C)C)=C[C@H]2C=C[C@H]1CCCCOCc1ccc(OC)cc1. The smallest absolute Gasteiger partial charge is 0.407 e. The van der Waals surface area contributed by atoms with Crippen LogP contribution in [0.15, 0.2) is 48.3 Å². The third kappa shape index (κ3) is 7.91. The van der Waals surface area contributed by atoms with E-state index in [-0.39, 0.29) is 12.1 Å². The number of methoxy groups -OCH3 is 2. The highest BCUT2D eigenvalue weighted by molar-refractivity contribution is 6.70. The number of hydrogen-bond acceptors (Lipinski definition) is 5. The molecule has 188 valence electrons. The summed E-state index contributed by atoms with van der Waals surface area (Å²) in [5, 5.41) is 3.15. The zero-order valence-electron chi connectivity index (χ0n) is 21.3. The second-order valence-electron chi connectivity index (χ2n) is 10.2. The van der Waals surface area contributed by atoms with Gasteiger partial charge in [-0.15, -0.1) is 0 Å². The van der Waals surface area contributed by atoms with Crippen molar-refractivity contribution in [3.63, 3.8) is 0 Å². The average Bonchev–Trinajstić information content (AvgIpc) is 2.81. The summed E-state index contributed by atoms with van der Waals surface area (Å²) in [6.07, 6.45) is 11.5. The molecule has 2 aliphatic carbocycles. The molecule has 0 bridgehead atoms. The van der Waals surface area contributed by atoms with E-state index in [1.165, 1.54) is 7.11 Å². The van der Waals surface area contributed by atoms with E-state index in [4.69, 9.17) is 18.6 Å². The topological polar surface area (TPSA) is 66.0 Å². The number of ether oxygens (including phenoxy) is 3. The zero-order chi connectivity index (χ0) is 24.6. The molecular formula is C27H41NO5Si. The number of unbranched alkanes of at least 4 members (excludes halogenated alkanes) is 1. The molecule has 0 radical (unpaired) electrons. The molecular weight excluding hydrogens is 446 g/mol. The Bertz CT molecular complexity index is 846. The summed E-state index contributed by atoms with van der Waals surface area (Å²) < 4.78 is 22.3. The number of benzene rings is 1. The van der Waals surface area contributed by atoms with Gasteiger partial charge in [-0.05, 0) is 74.5 Å². The molecule has 3 rings (SSSR count). The van der Waals surface area contributed by atoms with E-state index in [1.54, 1.807) is 7.11 Å². The molecule has 2 aliphatic rings.